The van der Waals surface area contributed by atoms with Crippen LogP contribution in [0.3, 0.4) is 0 Å². The molecule has 1 aliphatic carbocycles. The van der Waals surface area contributed by atoms with Crippen LogP contribution >= 0.6 is 11.6 Å². The van der Waals surface area contributed by atoms with E-state index < -0.39 is 0 Å². The largest absolute Gasteiger partial charge is 0.372 e. The van der Waals surface area contributed by atoms with E-state index in [2.05, 4.69) is 40.4 Å². The maximum absolute atomic E-state index is 6.61. The number of pyridine rings is 1. The van der Waals surface area contributed by atoms with Crippen molar-refractivity contribution in [2.24, 2.45) is 0 Å². The molecule has 5 heteroatoms. The lowest BCUT2D eigenvalue weighted by molar-refractivity contribution is 0.0438. The highest BCUT2D eigenvalue weighted by Gasteiger charge is 2.19. The summed E-state index contributed by atoms with van der Waals surface area (Å²) in [5, 5.41) is 4.27. The highest BCUT2D eigenvalue weighted by atomic mass is 35.5. The lowest BCUT2D eigenvalue weighted by Gasteiger charge is -2.25. The molecule has 0 spiro atoms. The number of anilines is 2. The molecule has 1 aliphatic heterocycles. The molecule has 0 saturated heterocycles. The zero-order valence-corrected chi connectivity index (χ0v) is 16.8. The third-order valence-corrected chi connectivity index (χ3v) is 6.06. The topological polar surface area (TPSA) is 37.4 Å². The van der Waals surface area contributed by atoms with Crippen LogP contribution in [0, 0.1) is 0 Å². The summed E-state index contributed by atoms with van der Waals surface area (Å²) in [5.74, 6) is 0. The molecule has 1 aromatic carbocycles. The van der Waals surface area contributed by atoms with E-state index in [4.69, 9.17) is 16.3 Å². The fourth-order valence-electron chi connectivity index (χ4n) is 4.17. The molecule has 2 aliphatic rings. The van der Waals surface area contributed by atoms with E-state index in [9.17, 15) is 0 Å². The predicted molar refractivity (Wildman–Crippen MR) is 111 cm³/mol. The highest BCUT2D eigenvalue weighted by Crippen LogP contribution is 2.36. The van der Waals surface area contributed by atoms with E-state index in [1.165, 1.54) is 36.8 Å². The Hall–Kier alpha value is -1.62. The molecular weight excluding hydrogens is 358 g/mol. The van der Waals surface area contributed by atoms with E-state index in [0.717, 1.165) is 48.0 Å². The molecule has 4 nitrogen and oxygen atoms in total. The van der Waals surface area contributed by atoms with Crippen LogP contribution in [0.2, 0.25) is 5.02 Å². The van der Waals surface area contributed by atoms with Crippen LogP contribution in [0.5, 0.6) is 0 Å². The third kappa shape index (κ3) is 4.29. The van der Waals surface area contributed by atoms with Gasteiger partial charge in [0.05, 0.1) is 41.0 Å². The Balaban J connectivity index is 1.51. The first-order valence-electron chi connectivity index (χ1n) is 10.0. The Morgan fingerprint density at radius 1 is 1.15 bits per heavy atom. The summed E-state index contributed by atoms with van der Waals surface area (Å²) in [7, 11) is 2.07. The van der Waals surface area contributed by atoms with Gasteiger partial charge in [0.15, 0.2) is 0 Å². The Bertz CT molecular complexity index is 772. The van der Waals surface area contributed by atoms with Gasteiger partial charge in [-0.05, 0) is 68.1 Å². The minimum absolute atomic E-state index is 0.418. The first kappa shape index (κ1) is 18.7. The standard InChI is InChI=1S/C22H28ClN3O/c1-26(22-20-11-13-24-12-10-16(20)6-9-21(22)23)18-8-7-17(25-14-18)15-27-19-4-2-3-5-19/h6-9,14,19,24H,2-5,10-13,15H2,1H3. The highest BCUT2D eigenvalue weighted by molar-refractivity contribution is 6.33. The lowest BCUT2D eigenvalue weighted by Crippen LogP contribution is -2.17. The molecule has 2 aromatic rings. The SMILES string of the molecule is CN(c1ccc(COC2CCCC2)nc1)c1c(Cl)ccc2c1CCNCC2. The zero-order valence-electron chi connectivity index (χ0n) is 16.0. The van der Waals surface area contributed by atoms with Gasteiger partial charge in [-0.1, -0.05) is 30.5 Å². The fraction of sp³-hybridized carbons (Fsp3) is 0.500. The fourth-order valence-corrected chi connectivity index (χ4v) is 4.48. The summed E-state index contributed by atoms with van der Waals surface area (Å²) >= 11 is 6.61. The second kappa shape index (κ2) is 8.59. The van der Waals surface area contributed by atoms with E-state index in [0.29, 0.717) is 12.7 Å². The first-order valence-corrected chi connectivity index (χ1v) is 10.4. The number of rotatable bonds is 5. The van der Waals surface area contributed by atoms with E-state index in [1.807, 2.05) is 12.3 Å². The summed E-state index contributed by atoms with van der Waals surface area (Å²) < 4.78 is 5.98. The second-order valence-electron chi connectivity index (χ2n) is 7.57. The van der Waals surface area contributed by atoms with E-state index in [-0.39, 0.29) is 0 Å². The normalized spacial score (nSPS) is 17.6. The van der Waals surface area contributed by atoms with Crippen LogP contribution < -0.4 is 10.2 Å². The third-order valence-electron chi connectivity index (χ3n) is 5.75. The molecule has 1 aromatic heterocycles. The molecular formula is C22H28ClN3O. The van der Waals surface area contributed by atoms with Crippen molar-refractivity contribution in [1.82, 2.24) is 10.3 Å². The van der Waals surface area contributed by atoms with Crippen molar-refractivity contribution in [2.45, 2.75) is 51.2 Å². The van der Waals surface area contributed by atoms with E-state index in [1.54, 1.807) is 0 Å². The summed E-state index contributed by atoms with van der Waals surface area (Å²) in [6, 6.07) is 8.38. The van der Waals surface area contributed by atoms with Gasteiger partial charge in [-0.3, -0.25) is 4.98 Å². The molecule has 0 bridgehead atoms. The molecule has 1 N–H and O–H groups in total. The van der Waals surface area contributed by atoms with Crippen molar-refractivity contribution >= 4 is 23.0 Å². The number of nitrogens with one attached hydrogen (secondary N) is 1. The number of ether oxygens (including phenoxy) is 1. The van der Waals surface area contributed by atoms with Crippen molar-refractivity contribution in [3.05, 3.63) is 52.3 Å². The maximum Gasteiger partial charge on any atom is 0.0891 e. The average molecular weight is 386 g/mol. The number of fused-ring (bicyclic) bond motifs is 1. The van der Waals surface area contributed by atoms with Gasteiger partial charge in [-0.25, -0.2) is 0 Å². The van der Waals surface area contributed by atoms with E-state index >= 15 is 0 Å². The first-order chi connectivity index (χ1) is 13.2. The summed E-state index contributed by atoms with van der Waals surface area (Å²) in [4.78, 5) is 6.79. The van der Waals surface area contributed by atoms with Crippen molar-refractivity contribution in [1.29, 1.82) is 0 Å². The van der Waals surface area contributed by atoms with Gasteiger partial charge in [0, 0.05) is 7.05 Å². The maximum atomic E-state index is 6.61. The number of benzene rings is 1. The lowest BCUT2D eigenvalue weighted by atomic mass is 10.00. The number of halogens is 1. The van der Waals surface area contributed by atoms with Crippen LogP contribution in [0.1, 0.15) is 42.5 Å². The van der Waals surface area contributed by atoms with Crippen molar-refractivity contribution in [3.63, 3.8) is 0 Å². The van der Waals surface area contributed by atoms with Crippen LogP contribution in [-0.4, -0.2) is 31.2 Å². The van der Waals surface area contributed by atoms with Crippen LogP contribution in [0.4, 0.5) is 11.4 Å². The van der Waals surface area contributed by atoms with Crippen LogP contribution in [0.15, 0.2) is 30.5 Å². The summed E-state index contributed by atoms with van der Waals surface area (Å²) in [6.07, 6.45) is 9.35. The number of aromatic nitrogens is 1. The molecule has 144 valence electrons. The Labute approximate surface area is 166 Å². The Kier molecular flexibility index (Phi) is 5.96. The quantitative estimate of drug-likeness (QED) is 0.812. The molecule has 27 heavy (non-hydrogen) atoms. The van der Waals surface area contributed by atoms with Crippen LogP contribution in [-0.2, 0) is 24.2 Å². The Morgan fingerprint density at radius 2 is 1.96 bits per heavy atom. The molecule has 0 atom stereocenters. The van der Waals surface area contributed by atoms with Gasteiger partial charge in [-0.2, -0.15) is 0 Å². The molecule has 0 amide bonds. The smallest absolute Gasteiger partial charge is 0.0891 e. The van der Waals surface area contributed by atoms with Gasteiger partial charge in [0.25, 0.3) is 0 Å². The monoisotopic (exact) mass is 385 g/mol. The van der Waals surface area contributed by atoms with Crippen LogP contribution in [0.25, 0.3) is 0 Å². The van der Waals surface area contributed by atoms with Crippen molar-refractivity contribution in [2.75, 3.05) is 25.0 Å². The van der Waals surface area contributed by atoms with Gasteiger partial charge in [0.1, 0.15) is 0 Å². The Morgan fingerprint density at radius 3 is 2.74 bits per heavy atom. The number of nitrogens with zero attached hydrogens (tertiary/aromatic N) is 2. The molecule has 2 heterocycles. The zero-order chi connectivity index (χ0) is 18.6. The molecule has 4 rings (SSSR count). The van der Waals surface area contributed by atoms with Gasteiger partial charge < -0.3 is 15.0 Å². The van der Waals surface area contributed by atoms with Gasteiger partial charge in [-0.15, -0.1) is 0 Å². The molecule has 1 saturated carbocycles. The van der Waals surface area contributed by atoms with Crippen molar-refractivity contribution in [3.8, 4) is 0 Å². The summed E-state index contributed by atoms with van der Waals surface area (Å²) in [5.41, 5.74) is 5.88. The minimum atomic E-state index is 0.418. The molecule has 1 fully saturated rings. The average Bonchev–Trinajstić information content (AvgIpc) is 3.10. The van der Waals surface area contributed by atoms with Crippen molar-refractivity contribution < 1.29 is 4.74 Å². The number of hydrogen-bond donors (Lipinski definition) is 1. The summed E-state index contributed by atoms with van der Waals surface area (Å²) in [6.45, 7) is 2.61. The predicted octanol–water partition coefficient (Wildman–Crippen LogP) is 4.65. The minimum Gasteiger partial charge on any atom is -0.372 e. The second-order valence-corrected chi connectivity index (χ2v) is 7.98. The van der Waals surface area contributed by atoms with Gasteiger partial charge in [0.2, 0.25) is 0 Å². The molecule has 0 unspecified atom stereocenters. The number of hydrogen-bond acceptors (Lipinski definition) is 4. The molecule has 0 radical (unpaired) electrons. The van der Waals surface area contributed by atoms with Gasteiger partial charge >= 0.3 is 0 Å².